The summed E-state index contributed by atoms with van der Waals surface area (Å²) in [5.74, 6) is -0.0761. The van der Waals surface area contributed by atoms with Crippen LogP contribution < -0.4 is 4.74 Å². The number of nitrogens with zero attached hydrogens (tertiary/aromatic N) is 1. The van der Waals surface area contributed by atoms with Crippen LogP contribution in [0.3, 0.4) is 0 Å². The largest absolute Gasteiger partial charge is 0.481 e. The fourth-order valence-electron chi connectivity index (χ4n) is 3.14. The highest BCUT2D eigenvalue weighted by Crippen LogP contribution is 2.36. The van der Waals surface area contributed by atoms with Crippen molar-refractivity contribution in [1.29, 1.82) is 0 Å². The van der Waals surface area contributed by atoms with Crippen LogP contribution in [0, 0.1) is 0 Å². The van der Waals surface area contributed by atoms with Gasteiger partial charge in [0.1, 0.15) is 11.2 Å². The van der Waals surface area contributed by atoms with E-state index in [0.717, 1.165) is 5.56 Å². The van der Waals surface area contributed by atoms with Crippen molar-refractivity contribution in [2.24, 2.45) is 0 Å². The molecule has 1 aromatic heterocycles. The predicted octanol–water partition coefficient (Wildman–Crippen LogP) is 4.53. The maximum absolute atomic E-state index is 12.6. The average Bonchev–Trinajstić information content (AvgIpc) is 2.74. The SMILES string of the molecule is CCC(C)(C)OC(=O)CC(O)(CC)c1ccnc(OC)c1COCc1ccccc1. The van der Waals surface area contributed by atoms with Crippen LogP contribution in [0.2, 0.25) is 0 Å². The Morgan fingerprint density at radius 1 is 1.07 bits per heavy atom. The second-order valence-electron chi connectivity index (χ2n) is 7.97. The number of esters is 1. The van der Waals surface area contributed by atoms with Gasteiger partial charge < -0.3 is 19.3 Å². The molecule has 1 aromatic carbocycles. The van der Waals surface area contributed by atoms with Crippen molar-refractivity contribution in [1.82, 2.24) is 4.98 Å². The molecule has 30 heavy (non-hydrogen) atoms. The quantitative estimate of drug-likeness (QED) is 0.544. The van der Waals surface area contributed by atoms with E-state index in [1.54, 1.807) is 12.3 Å². The van der Waals surface area contributed by atoms with Crippen molar-refractivity contribution in [3.05, 3.63) is 59.3 Å². The van der Waals surface area contributed by atoms with Crippen molar-refractivity contribution < 1.29 is 24.1 Å². The summed E-state index contributed by atoms with van der Waals surface area (Å²) in [6, 6.07) is 11.5. The summed E-state index contributed by atoms with van der Waals surface area (Å²) >= 11 is 0. The molecule has 1 atom stereocenters. The molecule has 0 spiro atoms. The third-order valence-corrected chi connectivity index (χ3v) is 5.33. The lowest BCUT2D eigenvalue weighted by atomic mass is 9.85. The van der Waals surface area contributed by atoms with Crippen molar-refractivity contribution in [2.45, 2.75) is 71.4 Å². The smallest absolute Gasteiger partial charge is 0.309 e. The minimum atomic E-state index is -1.41. The van der Waals surface area contributed by atoms with Gasteiger partial charge in [-0.15, -0.1) is 0 Å². The Morgan fingerprint density at radius 2 is 1.77 bits per heavy atom. The number of ether oxygens (including phenoxy) is 3. The first kappa shape index (κ1) is 23.8. The van der Waals surface area contributed by atoms with Crippen LogP contribution in [0.1, 0.15) is 63.6 Å². The van der Waals surface area contributed by atoms with Gasteiger partial charge >= 0.3 is 5.97 Å². The summed E-state index contributed by atoms with van der Waals surface area (Å²) in [5, 5.41) is 11.4. The number of aliphatic hydroxyl groups is 1. The maximum Gasteiger partial charge on any atom is 0.309 e. The van der Waals surface area contributed by atoms with Gasteiger partial charge in [-0.25, -0.2) is 4.98 Å². The van der Waals surface area contributed by atoms with Gasteiger partial charge in [-0.1, -0.05) is 44.2 Å². The van der Waals surface area contributed by atoms with Gasteiger partial charge in [-0.05, 0) is 43.9 Å². The van der Waals surface area contributed by atoms with E-state index < -0.39 is 17.2 Å². The van der Waals surface area contributed by atoms with Crippen molar-refractivity contribution >= 4 is 5.97 Å². The van der Waals surface area contributed by atoms with Crippen LogP contribution in [0.5, 0.6) is 5.88 Å². The van der Waals surface area contributed by atoms with Crippen LogP contribution in [0.15, 0.2) is 42.6 Å². The fraction of sp³-hybridized carbons (Fsp3) is 0.500. The Labute approximate surface area is 179 Å². The number of hydrogen-bond donors (Lipinski definition) is 1. The Balaban J connectivity index is 2.25. The Kier molecular flexibility index (Phi) is 8.38. The third-order valence-electron chi connectivity index (χ3n) is 5.33. The molecule has 1 N–H and O–H groups in total. The van der Waals surface area contributed by atoms with Gasteiger partial charge in [0, 0.05) is 11.8 Å². The summed E-state index contributed by atoms with van der Waals surface area (Å²) in [7, 11) is 1.52. The minimum absolute atomic E-state index is 0.161. The number of carbonyl (C=O) groups is 1. The molecular weight excluding hydrogens is 382 g/mol. The molecule has 0 fully saturated rings. The molecule has 2 aromatic rings. The molecule has 0 amide bonds. The van der Waals surface area contributed by atoms with E-state index in [1.165, 1.54) is 7.11 Å². The van der Waals surface area contributed by atoms with Crippen LogP contribution in [0.25, 0.3) is 0 Å². The molecule has 6 nitrogen and oxygen atoms in total. The van der Waals surface area contributed by atoms with Gasteiger partial charge in [0.15, 0.2) is 0 Å². The molecule has 0 radical (unpaired) electrons. The summed E-state index contributed by atoms with van der Waals surface area (Å²) in [5.41, 5.74) is 0.239. The minimum Gasteiger partial charge on any atom is -0.481 e. The number of aromatic nitrogens is 1. The summed E-state index contributed by atoms with van der Waals surface area (Å²) < 4.78 is 16.9. The molecule has 0 saturated carbocycles. The van der Waals surface area contributed by atoms with Crippen molar-refractivity contribution in [2.75, 3.05) is 7.11 Å². The lowest BCUT2D eigenvalue weighted by Crippen LogP contribution is -2.34. The van der Waals surface area contributed by atoms with Gasteiger partial charge in [-0.2, -0.15) is 0 Å². The fourth-order valence-corrected chi connectivity index (χ4v) is 3.14. The molecule has 2 rings (SSSR count). The topological polar surface area (TPSA) is 77.9 Å². The highest BCUT2D eigenvalue weighted by Gasteiger charge is 2.36. The van der Waals surface area contributed by atoms with Crippen LogP contribution >= 0.6 is 0 Å². The van der Waals surface area contributed by atoms with E-state index in [4.69, 9.17) is 14.2 Å². The van der Waals surface area contributed by atoms with Crippen LogP contribution in [-0.2, 0) is 33.1 Å². The molecule has 0 bridgehead atoms. The number of pyridine rings is 1. The Bertz CT molecular complexity index is 822. The second-order valence-corrected chi connectivity index (χ2v) is 7.97. The van der Waals surface area contributed by atoms with E-state index in [9.17, 15) is 9.90 Å². The number of hydrogen-bond acceptors (Lipinski definition) is 6. The number of rotatable bonds is 11. The zero-order valence-corrected chi connectivity index (χ0v) is 18.6. The average molecular weight is 416 g/mol. The van der Waals surface area contributed by atoms with Gasteiger partial charge in [0.2, 0.25) is 5.88 Å². The summed E-state index contributed by atoms with van der Waals surface area (Å²) in [6.07, 6.45) is 2.42. The molecule has 0 aliphatic carbocycles. The number of methoxy groups -OCH3 is 1. The van der Waals surface area contributed by atoms with E-state index in [2.05, 4.69) is 4.98 Å². The lowest BCUT2D eigenvalue weighted by Gasteiger charge is -2.31. The Hall–Kier alpha value is -2.44. The molecule has 0 saturated heterocycles. The first-order valence-corrected chi connectivity index (χ1v) is 10.3. The maximum atomic E-state index is 12.6. The van der Waals surface area contributed by atoms with E-state index in [-0.39, 0.29) is 13.0 Å². The Morgan fingerprint density at radius 3 is 2.37 bits per heavy atom. The monoisotopic (exact) mass is 415 g/mol. The molecule has 1 unspecified atom stereocenters. The molecule has 0 aliphatic heterocycles. The van der Waals surface area contributed by atoms with Crippen molar-refractivity contribution in [3.8, 4) is 5.88 Å². The first-order chi connectivity index (χ1) is 14.2. The number of carbonyl (C=O) groups excluding carboxylic acids is 1. The highest BCUT2D eigenvalue weighted by atomic mass is 16.6. The van der Waals surface area contributed by atoms with E-state index in [0.29, 0.717) is 36.5 Å². The lowest BCUT2D eigenvalue weighted by molar-refractivity contribution is -0.162. The zero-order valence-electron chi connectivity index (χ0n) is 18.6. The summed E-state index contributed by atoms with van der Waals surface area (Å²) in [4.78, 5) is 16.8. The van der Waals surface area contributed by atoms with Crippen LogP contribution in [0.4, 0.5) is 0 Å². The predicted molar refractivity (Wildman–Crippen MR) is 115 cm³/mol. The molecule has 0 aliphatic rings. The third kappa shape index (κ3) is 6.28. The standard InChI is InChI=1S/C24H33NO5/c1-6-23(3,4)30-21(26)15-24(27,7-2)20-13-14-25-22(28-5)19(20)17-29-16-18-11-9-8-10-12-18/h8-14,27H,6-7,15-17H2,1-5H3. The second kappa shape index (κ2) is 10.5. The van der Waals surface area contributed by atoms with Gasteiger partial charge in [0.05, 0.1) is 26.7 Å². The molecule has 164 valence electrons. The highest BCUT2D eigenvalue weighted by molar-refractivity contribution is 5.71. The normalized spacial score (nSPS) is 13.5. The molecular formula is C24H33NO5. The van der Waals surface area contributed by atoms with E-state index in [1.807, 2.05) is 58.0 Å². The van der Waals surface area contributed by atoms with Crippen LogP contribution in [-0.4, -0.2) is 28.8 Å². The van der Waals surface area contributed by atoms with Crippen molar-refractivity contribution in [3.63, 3.8) is 0 Å². The first-order valence-electron chi connectivity index (χ1n) is 10.3. The summed E-state index contributed by atoms with van der Waals surface area (Å²) in [6.45, 7) is 8.10. The molecule has 1 heterocycles. The zero-order chi connectivity index (χ0) is 22.2. The van der Waals surface area contributed by atoms with E-state index >= 15 is 0 Å². The van der Waals surface area contributed by atoms with Gasteiger partial charge in [-0.3, -0.25) is 4.79 Å². The van der Waals surface area contributed by atoms with Gasteiger partial charge in [0.25, 0.3) is 0 Å². The molecule has 6 heteroatoms. The number of benzene rings is 1.